The molecule has 0 spiro atoms. The van der Waals surface area contributed by atoms with Crippen LogP contribution in [-0.2, 0) is 6.42 Å². The summed E-state index contributed by atoms with van der Waals surface area (Å²) in [6.45, 7) is 5.31. The van der Waals surface area contributed by atoms with Crippen LogP contribution in [0.4, 0.5) is 0 Å². The first kappa shape index (κ1) is 22.7. The van der Waals surface area contributed by atoms with Crippen molar-refractivity contribution in [2.24, 2.45) is 0 Å². The Morgan fingerprint density at radius 1 is 0.963 bits per heavy atom. The van der Waals surface area contributed by atoms with E-state index in [1.807, 2.05) is 6.07 Å². The van der Waals surface area contributed by atoms with Gasteiger partial charge in [-0.1, -0.05) is 56.3 Å². The zero-order valence-electron chi connectivity index (χ0n) is 15.6. The normalized spacial score (nSPS) is 10.0. The van der Waals surface area contributed by atoms with Crippen molar-refractivity contribution in [3.8, 4) is 5.75 Å². The molecule has 0 aliphatic heterocycles. The first-order chi connectivity index (χ1) is 12.5. The second-order valence-corrected chi connectivity index (χ2v) is 6.40. The van der Waals surface area contributed by atoms with Crippen molar-refractivity contribution in [1.82, 2.24) is 5.32 Å². The van der Waals surface area contributed by atoms with Crippen molar-refractivity contribution in [3.63, 3.8) is 0 Å². The second-order valence-electron chi connectivity index (χ2n) is 6.40. The standard InChI is InChI=1S/C15H19NO.C7H6O2.BrH/c1-11(2)16-8-7-12-3-4-14-10-15(17)6-5-13(14)9-12;8-7(9)6-4-2-1-3-5-6;/h3-6,9-11,16-17H,7-8H2,1-2H3;1-5H,(H,8,9);1H. The fourth-order valence-corrected chi connectivity index (χ4v) is 2.52. The van der Waals surface area contributed by atoms with Crippen LogP contribution in [0.25, 0.3) is 10.8 Å². The summed E-state index contributed by atoms with van der Waals surface area (Å²) in [6, 6.07) is 20.7. The molecule has 0 unspecified atom stereocenters. The molecule has 0 saturated carbocycles. The molecule has 0 atom stereocenters. The van der Waals surface area contributed by atoms with Crippen molar-refractivity contribution in [3.05, 3.63) is 77.9 Å². The molecule has 0 saturated heterocycles. The third kappa shape index (κ3) is 7.81. The highest BCUT2D eigenvalue weighted by molar-refractivity contribution is 8.93. The largest absolute Gasteiger partial charge is 0.508 e. The van der Waals surface area contributed by atoms with E-state index in [1.165, 1.54) is 10.9 Å². The van der Waals surface area contributed by atoms with E-state index in [-0.39, 0.29) is 17.0 Å². The first-order valence-electron chi connectivity index (χ1n) is 8.69. The number of carboxylic acids is 1. The molecular formula is C22H26BrNO3. The number of halogens is 1. The van der Waals surface area contributed by atoms with Crippen LogP contribution in [0.5, 0.6) is 5.75 Å². The molecular weight excluding hydrogens is 406 g/mol. The van der Waals surface area contributed by atoms with Gasteiger partial charge in [-0.3, -0.25) is 0 Å². The molecule has 0 amide bonds. The summed E-state index contributed by atoms with van der Waals surface area (Å²) in [5, 5.41) is 23.5. The predicted molar refractivity (Wildman–Crippen MR) is 116 cm³/mol. The number of carbonyl (C=O) groups is 1. The predicted octanol–water partition coefficient (Wildman–Crippen LogP) is 5.05. The highest BCUT2D eigenvalue weighted by Crippen LogP contribution is 2.21. The van der Waals surface area contributed by atoms with E-state index < -0.39 is 5.97 Å². The zero-order valence-corrected chi connectivity index (χ0v) is 17.3. The Hall–Kier alpha value is -2.37. The van der Waals surface area contributed by atoms with Gasteiger partial charge in [0.1, 0.15) is 5.75 Å². The van der Waals surface area contributed by atoms with E-state index in [0.29, 0.717) is 17.4 Å². The average molecular weight is 432 g/mol. The Balaban J connectivity index is 0.000000310. The van der Waals surface area contributed by atoms with Crippen LogP contribution in [0.3, 0.4) is 0 Å². The molecule has 3 aromatic carbocycles. The third-order valence-corrected chi connectivity index (χ3v) is 3.88. The van der Waals surface area contributed by atoms with Crippen LogP contribution in [0.2, 0.25) is 0 Å². The van der Waals surface area contributed by atoms with Gasteiger partial charge in [0.25, 0.3) is 0 Å². The fraction of sp³-hybridized carbons (Fsp3) is 0.227. The first-order valence-corrected chi connectivity index (χ1v) is 8.69. The molecule has 144 valence electrons. The Kier molecular flexibility index (Phi) is 9.54. The lowest BCUT2D eigenvalue weighted by Crippen LogP contribution is -2.24. The number of aromatic carboxylic acids is 1. The van der Waals surface area contributed by atoms with Crippen molar-refractivity contribution in [2.75, 3.05) is 6.54 Å². The number of phenols is 1. The van der Waals surface area contributed by atoms with Gasteiger partial charge in [-0.25, -0.2) is 4.79 Å². The van der Waals surface area contributed by atoms with Gasteiger partial charge in [-0.15, -0.1) is 17.0 Å². The molecule has 27 heavy (non-hydrogen) atoms. The monoisotopic (exact) mass is 431 g/mol. The summed E-state index contributed by atoms with van der Waals surface area (Å²) >= 11 is 0. The number of hydrogen-bond donors (Lipinski definition) is 3. The Bertz CT molecular complexity index is 851. The SMILES string of the molecule is Br.CC(C)NCCc1ccc2cc(O)ccc2c1.O=C(O)c1ccccc1. The van der Waals surface area contributed by atoms with Gasteiger partial charge in [-0.05, 0) is 53.6 Å². The van der Waals surface area contributed by atoms with Crippen LogP contribution >= 0.6 is 17.0 Å². The molecule has 3 aromatic rings. The van der Waals surface area contributed by atoms with Crippen LogP contribution in [0.1, 0.15) is 29.8 Å². The molecule has 0 aliphatic rings. The topological polar surface area (TPSA) is 69.6 Å². The number of phenolic OH excluding ortho intramolecular Hbond substituents is 1. The van der Waals surface area contributed by atoms with Gasteiger partial charge in [0, 0.05) is 6.04 Å². The van der Waals surface area contributed by atoms with Gasteiger partial charge < -0.3 is 15.5 Å². The van der Waals surface area contributed by atoms with Crippen molar-refractivity contribution < 1.29 is 15.0 Å². The number of carboxylic acid groups (broad SMARTS) is 1. The van der Waals surface area contributed by atoms with Crippen molar-refractivity contribution in [1.29, 1.82) is 0 Å². The molecule has 0 aromatic heterocycles. The van der Waals surface area contributed by atoms with Gasteiger partial charge in [0.2, 0.25) is 0 Å². The van der Waals surface area contributed by atoms with Crippen LogP contribution in [0.15, 0.2) is 66.7 Å². The molecule has 0 fully saturated rings. The van der Waals surface area contributed by atoms with E-state index in [4.69, 9.17) is 5.11 Å². The summed E-state index contributed by atoms with van der Waals surface area (Å²) in [4.78, 5) is 10.2. The van der Waals surface area contributed by atoms with Gasteiger partial charge in [-0.2, -0.15) is 0 Å². The maximum Gasteiger partial charge on any atom is 0.335 e. The van der Waals surface area contributed by atoms with E-state index in [9.17, 15) is 9.90 Å². The van der Waals surface area contributed by atoms with E-state index >= 15 is 0 Å². The molecule has 0 heterocycles. The van der Waals surface area contributed by atoms with Crippen LogP contribution in [0, 0.1) is 0 Å². The lowest BCUT2D eigenvalue weighted by atomic mass is 10.0. The Morgan fingerprint density at radius 2 is 1.59 bits per heavy atom. The zero-order chi connectivity index (χ0) is 18.9. The summed E-state index contributed by atoms with van der Waals surface area (Å²) in [6.07, 6.45) is 1.04. The quantitative estimate of drug-likeness (QED) is 0.528. The minimum atomic E-state index is -0.879. The highest BCUT2D eigenvalue weighted by atomic mass is 79.9. The third-order valence-electron chi connectivity index (χ3n) is 3.88. The molecule has 0 bridgehead atoms. The Labute approximate surface area is 170 Å². The molecule has 0 radical (unpaired) electrons. The summed E-state index contributed by atoms with van der Waals surface area (Å²) < 4.78 is 0. The number of hydrogen-bond acceptors (Lipinski definition) is 3. The van der Waals surface area contributed by atoms with Gasteiger partial charge in [0.15, 0.2) is 0 Å². The maximum absolute atomic E-state index is 10.2. The number of rotatable bonds is 5. The number of fused-ring (bicyclic) bond motifs is 1. The fourth-order valence-electron chi connectivity index (χ4n) is 2.52. The maximum atomic E-state index is 10.2. The van der Waals surface area contributed by atoms with Crippen LogP contribution < -0.4 is 5.32 Å². The average Bonchev–Trinajstić information content (AvgIpc) is 2.63. The summed E-state index contributed by atoms with van der Waals surface area (Å²) in [7, 11) is 0. The highest BCUT2D eigenvalue weighted by Gasteiger charge is 1.99. The lowest BCUT2D eigenvalue weighted by Gasteiger charge is -2.08. The summed E-state index contributed by atoms with van der Waals surface area (Å²) in [5.41, 5.74) is 1.66. The molecule has 3 rings (SSSR count). The minimum Gasteiger partial charge on any atom is -0.508 e. The number of benzene rings is 3. The number of nitrogens with one attached hydrogen (secondary N) is 1. The smallest absolute Gasteiger partial charge is 0.335 e. The van der Waals surface area contributed by atoms with E-state index in [0.717, 1.165) is 18.4 Å². The van der Waals surface area contributed by atoms with E-state index in [2.05, 4.69) is 37.4 Å². The molecule has 3 N–H and O–H groups in total. The Morgan fingerprint density at radius 3 is 2.19 bits per heavy atom. The van der Waals surface area contributed by atoms with Crippen molar-refractivity contribution >= 4 is 33.7 Å². The van der Waals surface area contributed by atoms with Crippen molar-refractivity contribution in [2.45, 2.75) is 26.3 Å². The molecule has 0 aliphatic carbocycles. The van der Waals surface area contributed by atoms with E-state index in [1.54, 1.807) is 42.5 Å². The summed E-state index contributed by atoms with van der Waals surface area (Å²) in [5.74, 6) is -0.553. The molecule has 5 heteroatoms. The lowest BCUT2D eigenvalue weighted by molar-refractivity contribution is 0.0697. The van der Waals surface area contributed by atoms with Crippen LogP contribution in [-0.4, -0.2) is 28.8 Å². The minimum absolute atomic E-state index is 0. The second kappa shape index (κ2) is 11.4. The number of aromatic hydroxyl groups is 1. The molecule has 4 nitrogen and oxygen atoms in total. The van der Waals surface area contributed by atoms with Gasteiger partial charge in [0.05, 0.1) is 5.56 Å². The van der Waals surface area contributed by atoms with Gasteiger partial charge >= 0.3 is 5.97 Å².